The summed E-state index contributed by atoms with van der Waals surface area (Å²) in [6.07, 6.45) is 5.03. The number of amides is 1. The lowest BCUT2D eigenvalue weighted by Gasteiger charge is -2.34. The number of carbonyl (C=O) groups is 1. The fourth-order valence-corrected chi connectivity index (χ4v) is 7.59. The Labute approximate surface area is 187 Å². The number of nitrogens with one attached hydrogen (secondary N) is 1. The highest BCUT2D eigenvalue weighted by atomic mass is 32.2. The first-order valence-corrected chi connectivity index (χ1v) is 13.0. The summed E-state index contributed by atoms with van der Waals surface area (Å²) >= 11 is 1.48. The molecule has 8 heteroatoms. The Hall–Kier alpha value is -2.21. The number of thiophene rings is 1. The van der Waals surface area contributed by atoms with Gasteiger partial charge in [-0.1, -0.05) is 13.8 Å². The van der Waals surface area contributed by atoms with Crippen LogP contribution in [0.25, 0.3) is 0 Å². The van der Waals surface area contributed by atoms with Crippen molar-refractivity contribution in [3.8, 4) is 6.07 Å². The second kappa shape index (κ2) is 8.73. The number of carbonyl (C=O) groups excluding carboxylic acids is 1. The van der Waals surface area contributed by atoms with Crippen molar-refractivity contribution in [1.82, 2.24) is 4.31 Å². The minimum absolute atomic E-state index is 0.203. The van der Waals surface area contributed by atoms with Crippen LogP contribution in [0.15, 0.2) is 29.2 Å². The normalized spacial score (nSPS) is 21.8. The van der Waals surface area contributed by atoms with E-state index < -0.39 is 10.0 Å². The standard InChI is InChI=1S/C23H27N3O3S2/c1-15-11-16(2)14-26(13-15)31(28,29)18-9-7-17(8-10-18)22(27)25-23-20(12-24)19-5-3-4-6-21(19)30-23/h7-10,15-16H,3-6,11,13-14H2,1-2H3,(H,25,27)/t15-,16+. The molecule has 0 unspecified atom stereocenters. The molecule has 0 radical (unpaired) electrons. The van der Waals surface area contributed by atoms with Crippen molar-refractivity contribution in [2.24, 2.45) is 11.8 Å². The van der Waals surface area contributed by atoms with Crippen LogP contribution in [0, 0.1) is 23.2 Å². The monoisotopic (exact) mass is 457 g/mol. The average molecular weight is 458 g/mol. The summed E-state index contributed by atoms with van der Waals surface area (Å²) in [4.78, 5) is 14.2. The summed E-state index contributed by atoms with van der Waals surface area (Å²) in [5, 5.41) is 13.0. The smallest absolute Gasteiger partial charge is 0.256 e. The van der Waals surface area contributed by atoms with Gasteiger partial charge in [-0.2, -0.15) is 9.57 Å². The van der Waals surface area contributed by atoms with Crippen LogP contribution in [0.2, 0.25) is 0 Å². The second-order valence-corrected chi connectivity index (χ2v) is 11.8. The lowest BCUT2D eigenvalue weighted by atomic mass is 9.94. The molecule has 1 amide bonds. The second-order valence-electron chi connectivity index (χ2n) is 8.77. The number of hydrogen-bond acceptors (Lipinski definition) is 5. The van der Waals surface area contributed by atoms with Crippen LogP contribution in [0.4, 0.5) is 5.00 Å². The van der Waals surface area contributed by atoms with Gasteiger partial charge in [0.05, 0.1) is 10.5 Å². The molecule has 4 rings (SSSR count). The predicted molar refractivity (Wildman–Crippen MR) is 122 cm³/mol. The number of sulfonamides is 1. The van der Waals surface area contributed by atoms with Gasteiger partial charge in [0.15, 0.2) is 0 Å². The van der Waals surface area contributed by atoms with Gasteiger partial charge in [-0.25, -0.2) is 8.42 Å². The zero-order chi connectivity index (χ0) is 22.2. The quantitative estimate of drug-likeness (QED) is 0.736. The van der Waals surface area contributed by atoms with Gasteiger partial charge in [0.2, 0.25) is 10.0 Å². The van der Waals surface area contributed by atoms with Crippen LogP contribution >= 0.6 is 11.3 Å². The number of anilines is 1. The van der Waals surface area contributed by atoms with E-state index >= 15 is 0 Å². The van der Waals surface area contributed by atoms with Crippen LogP contribution < -0.4 is 5.32 Å². The highest BCUT2D eigenvalue weighted by Crippen LogP contribution is 2.37. The molecule has 2 atom stereocenters. The van der Waals surface area contributed by atoms with Gasteiger partial charge in [-0.15, -0.1) is 11.3 Å². The molecular formula is C23H27N3O3S2. The topological polar surface area (TPSA) is 90.3 Å². The van der Waals surface area contributed by atoms with Gasteiger partial charge in [-0.05, 0) is 73.8 Å². The molecule has 0 bridgehead atoms. The van der Waals surface area contributed by atoms with Crippen molar-refractivity contribution in [2.75, 3.05) is 18.4 Å². The Morgan fingerprint density at radius 1 is 1.13 bits per heavy atom. The molecule has 6 nitrogen and oxygen atoms in total. The molecule has 1 aromatic carbocycles. The Kier molecular flexibility index (Phi) is 6.20. The number of nitriles is 1. The summed E-state index contributed by atoms with van der Waals surface area (Å²) in [5.41, 5.74) is 2.01. The molecule has 0 saturated carbocycles. The molecule has 0 spiro atoms. The van der Waals surface area contributed by atoms with E-state index in [9.17, 15) is 18.5 Å². The number of aryl methyl sites for hydroxylation is 1. The van der Waals surface area contributed by atoms with Gasteiger partial charge in [0, 0.05) is 23.5 Å². The Morgan fingerprint density at radius 2 is 1.77 bits per heavy atom. The average Bonchev–Trinajstić information content (AvgIpc) is 3.10. The minimum Gasteiger partial charge on any atom is -0.312 e. The number of nitrogens with zero attached hydrogens (tertiary/aromatic N) is 2. The molecular weight excluding hydrogens is 430 g/mol. The summed E-state index contributed by atoms with van der Waals surface area (Å²) in [6.45, 7) is 5.19. The van der Waals surface area contributed by atoms with E-state index in [0.29, 0.717) is 41.1 Å². The maximum Gasteiger partial charge on any atom is 0.256 e. The third-order valence-electron chi connectivity index (χ3n) is 6.10. The van der Waals surface area contributed by atoms with E-state index in [-0.39, 0.29) is 10.8 Å². The van der Waals surface area contributed by atoms with Crippen LogP contribution in [0.5, 0.6) is 0 Å². The Morgan fingerprint density at radius 3 is 2.42 bits per heavy atom. The maximum atomic E-state index is 13.0. The fraction of sp³-hybridized carbons (Fsp3) is 0.478. The molecule has 1 N–H and O–H groups in total. The first-order valence-electron chi connectivity index (χ1n) is 10.8. The Balaban J connectivity index is 1.52. The number of piperidine rings is 1. The minimum atomic E-state index is -3.58. The van der Waals surface area contributed by atoms with Crippen molar-refractivity contribution >= 4 is 32.3 Å². The highest BCUT2D eigenvalue weighted by Gasteiger charge is 2.31. The zero-order valence-corrected chi connectivity index (χ0v) is 19.5. The third kappa shape index (κ3) is 4.40. The number of rotatable bonds is 4. The number of fused-ring (bicyclic) bond motifs is 1. The molecule has 1 saturated heterocycles. The highest BCUT2D eigenvalue weighted by molar-refractivity contribution is 7.89. The summed E-state index contributed by atoms with van der Waals surface area (Å²) in [5.74, 6) is 0.323. The van der Waals surface area contributed by atoms with Gasteiger partial charge in [-0.3, -0.25) is 4.79 Å². The van der Waals surface area contributed by atoms with E-state index in [0.717, 1.165) is 37.7 Å². The van der Waals surface area contributed by atoms with Crippen molar-refractivity contribution in [1.29, 1.82) is 5.26 Å². The number of benzene rings is 1. The molecule has 1 aliphatic carbocycles. The van der Waals surface area contributed by atoms with Gasteiger partial charge in [0.1, 0.15) is 11.1 Å². The predicted octanol–water partition coefficient (Wildman–Crippen LogP) is 4.42. The largest absolute Gasteiger partial charge is 0.312 e. The van der Waals surface area contributed by atoms with Crippen LogP contribution in [0.1, 0.15) is 59.5 Å². The summed E-state index contributed by atoms with van der Waals surface area (Å²) in [7, 11) is -3.58. The maximum absolute atomic E-state index is 13.0. The third-order valence-corrected chi connectivity index (χ3v) is 9.15. The molecule has 1 aromatic heterocycles. The van der Waals surface area contributed by atoms with Gasteiger partial charge < -0.3 is 5.32 Å². The summed E-state index contributed by atoms with van der Waals surface area (Å²) in [6, 6.07) is 8.32. The summed E-state index contributed by atoms with van der Waals surface area (Å²) < 4.78 is 27.6. The van der Waals surface area contributed by atoms with Gasteiger partial charge >= 0.3 is 0 Å². The lowest BCUT2D eigenvalue weighted by Crippen LogP contribution is -2.42. The SMILES string of the molecule is C[C@@H]1C[C@H](C)CN(S(=O)(=O)c2ccc(C(=O)Nc3sc4c(c3C#N)CCCC4)cc2)C1. The first-order chi connectivity index (χ1) is 14.8. The molecule has 2 heterocycles. The van der Waals surface area contributed by atoms with E-state index in [1.807, 2.05) is 0 Å². The molecule has 164 valence electrons. The molecule has 1 aliphatic heterocycles. The molecule has 2 aromatic rings. The van der Waals surface area contributed by atoms with Crippen LogP contribution in [0.3, 0.4) is 0 Å². The van der Waals surface area contributed by atoms with Crippen molar-refractivity contribution in [2.45, 2.75) is 50.8 Å². The van der Waals surface area contributed by atoms with E-state index in [4.69, 9.17) is 0 Å². The van der Waals surface area contributed by atoms with Crippen molar-refractivity contribution in [3.63, 3.8) is 0 Å². The zero-order valence-electron chi connectivity index (χ0n) is 17.8. The van der Waals surface area contributed by atoms with E-state index in [1.165, 1.54) is 28.3 Å². The van der Waals surface area contributed by atoms with E-state index in [1.54, 1.807) is 16.4 Å². The molecule has 2 aliphatic rings. The number of hydrogen-bond donors (Lipinski definition) is 1. The van der Waals surface area contributed by atoms with Crippen LogP contribution in [-0.4, -0.2) is 31.7 Å². The van der Waals surface area contributed by atoms with Crippen LogP contribution in [-0.2, 0) is 22.9 Å². The first kappa shape index (κ1) is 22.0. The fourth-order valence-electron chi connectivity index (χ4n) is 4.68. The van der Waals surface area contributed by atoms with Crippen molar-refractivity contribution < 1.29 is 13.2 Å². The van der Waals surface area contributed by atoms with E-state index in [2.05, 4.69) is 25.2 Å². The Bertz CT molecular complexity index is 1120. The molecule has 1 fully saturated rings. The lowest BCUT2D eigenvalue weighted by molar-refractivity contribution is 0.102. The van der Waals surface area contributed by atoms with Crippen molar-refractivity contribution in [3.05, 3.63) is 45.8 Å². The molecule has 31 heavy (non-hydrogen) atoms. The van der Waals surface area contributed by atoms with Gasteiger partial charge in [0.25, 0.3) is 5.91 Å².